The molecule has 0 aliphatic heterocycles. The first-order chi connectivity index (χ1) is 7.16. The van der Waals surface area contributed by atoms with Crippen LogP contribution in [0.25, 0.3) is 0 Å². The molecule has 1 aromatic rings. The summed E-state index contributed by atoms with van der Waals surface area (Å²) in [6.07, 6.45) is 2.54. The minimum atomic E-state index is -0.506. The highest BCUT2D eigenvalue weighted by Gasteiger charge is 2.14. The van der Waals surface area contributed by atoms with E-state index >= 15 is 0 Å². The van der Waals surface area contributed by atoms with Crippen molar-refractivity contribution in [2.75, 3.05) is 6.54 Å². The average molecular weight is 211 g/mol. The summed E-state index contributed by atoms with van der Waals surface area (Å²) in [5.41, 5.74) is 0.0987. The Labute approximate surface area is 88.8 Å². The molecule has 1 unspecified atom stereocenters. The molecular weight excluding hydrogens is 196 g/mol. The van der Waals surface area contributed by atoms with Crippen LogP contribution in [0.3, 0.4) is 0 Å². The number of hydrogen-bond acceptors (Lipinski definition) is 1. The maximum Gasteiger partial charge on any atom is 0.130 e. The summed E-state index contributed by atoms with van der Waals surface area (Å²) in [7, 11) is 0. The van der Waals surface area contributed by atoms with E-state index in [-0.39, 0.29) is 11.6 Å². The number of benzene rings is 1. The Morgan fingerprint density at radius 3 is 2.53 bits per heavy atom. The molecule has 0 aliphatic rings. The van der Waals surface area contributed by atoms with E-state index in [0.29, 0.717) is 6.54 Å². The monoisotopic (exact) mass is 211 g/mol. The zero-order chi connectivity index (χ0) is 11.3. The maximum absolute atomic E-state index is 13.3. The minimum Gasteiger partial charge on any atom is -0.310 e. The van der Waals surface area contributed by atoms with Gasteiger partial charge in [0.1, 0.15) is 11.6 Å². The van der Waals surface area contributed by atoms with Gasteiger partial charge in [0.25, 0.3) is 0 Å². The Hall–Kier alpha value is -1.22. The summed E-state index contributed by atoms with van der Waals surface area (Å²) in [4.78, 5) is 0. The second-order valence-electron chi connectivity index (χ2n) is 3.39. The van der Waals surface area contributed by atoms with Gasteiger partial charge in [-0.25, -0.2) is 8.78 Å². The van der Waals surface area contributed by atoms with E-state index in [1.165, 1.54) is 18.2 Å². The van der Waals surface area contributed by atoms with Crippen molar-refractivity contribution in [3.8, 4) is 0 Å². The Morgan fingerprint density at radius 1 is 1.40 bits per heavy atom. The first-order valence-electron chi connectivity index (χ1n) is 4.95. The topological polar surface area (TPSA) is 12.0 Å². The molecule has 0 bridgehead atoms. The zero-order valence-corrected chi connectivity index (χ0v) is 8.76. The fourth-order valence-corrected chi connectivity index (χ4v) is 1.43. The highest BCUT2D eigenvalue weighted by atomic mass is 19.1. The largest absolute Gasteiger partial charge is 0.310 e. The molecule has 0 amide bonds. The molecule has 1 aromatic carbocycles. The number of nitrogens with one attached hydrogen (secondary N) is 1. The minimum absolute atomic E-state index is 0.0987. The molecule has 0 spiro atoms. The normalized spacial score (nSPS) is 12.5. The van der Waals surface area contributed by atoms with Gasteiger partial charge in [-0.3, -0.25) is 0 Å². The van der Waals surface area contributed by atoms with Crippen LogP contribution in [0, 0.1) is 11.6 Å². The van der Waals surface area contributed by atoms with E-state index < -0.39 is 11.6 Å². The first-order valence-corrected chi connectivity index (χ1v) is 4.95. The smallest absolute Gasteiger partial charge is 0.130 e. The van der Waals surface area contributed by atoms with Crippen molar-refractivity contribution in [3.05, 3.63) is 48.1 Å². The van der Waals surface area contributed by atoms with Crippen LogP contribution in [0.2, 0.25) is 0 Å². The molecule has 0 radical (unpaired) electrons. The molecule has 0 saturated carbocycles. The molecule has 0 heterocycles. The van der Waals surface area contributed by atoms with Gasteiger partial charge in [0.05, 0.1) is 0 Å². The van der Waals surface area contributed by atoms with Crippen LogP contribution in [0.15, 0.2) is 30.9 Å². The molecule has 82 valence electrons. The van der Waals surface area contributed by atoms with Gasteiger partial charge in [-0.15, -0.1) is 6.58 Å². The van der Waals surface area contributed by atoms with Gasteiger partial charge in [0, 0.05) is 11.6 Å². The third-order valence-corrected chi connectivity index (χ3v) is 2.23. The predicted molar refractivity (Wildman–Crippen MR) is 57.6 cm³/mol. The van der Waals surface area contributed by atoms with E-state index in [9.17, 15) is 8.78 Å². The fraction of sp³-hybridized carbons (Fsp3) is 0.333. The van der Waals surface area contributed by atoms with Crippen molar-refractivity contribution < 1.29 is 8.78 Å². The van der Waals surface area contributed by atoms with Crippen molar-refractivity contribution >= 4 is 0 Å². The lowest BCUT2D eigenvalue weighted by atomic mass is 10.1. The number of halogens is 2. The maximum atomic E-state index is 13.3. The molecular formula is C12H15F2N. The Balaban J connectivity index is 2.72. The first kappa shape index (κ1) is 11.9. The van der Waals surface area contributed by atoms with Gasteiger partial charge in [0.15, 0.2) is 0 Å². The van der Waals surface area contributed by atoms with Crippen LogP contribution in [-0.4, -0.2) is 6.54 Å². The highest BCUT2D eigenvalue weighted by Crippen LogP contribution is 2.19. The molecule has 1 rings (SSSR count). The van der Waals surface area contributed by atoms with Crippen molar-refractivity contribution in [2.24, 2.45) is 0 Å². The summed E-state index contributed by atoms with van der Waals surface area (Å²) in [6.45, 7) is 5.98. The molecule has 1 N–H and O–H groups in total. The molecule has 0 aromatic heterocycles. The van der Waals surface area contributed by atoms with Crippen molar-refractivity contribution in [1.82, 2.24) is 5.32 Å². The van der Waals surface area contributed by atoms with Crippen LogP contribution in [-0.2, 0) is 0 Å². The Bertz CT molecular complexity index is 316. The highest BCUT2D eigenvalue weighted by molar-refractivity contribution is 5.22. The van der Waals surface area contributed by atoms with Crippen LogP contribution in [0.5, 0.6) is 0 Å². The van der Waals surface area contributed by atoms with Crippen LogP contribution in [0.4, 0.5) is 8.78 Å². The average Bonchev–Trinajstić information content (AvgIpc) is 2.18. The lowest BCUT2D eigenvalue weighted by Gasteiger charge is -2.15. The van der Waals surface area contributed by atoms with Crippen molar-refractivity contribution in [2.45, 2.75) is 19.4 Å². The van der Waals surface area contributed by atoms with Crippen molar-refractivity contribution in [3.63, 3.8) is 0 Å². The molecule has 0 aliphatic carbocycles. The van der Waals surface area contributed by atoms with Gasteiger partial charge in [-0.1, -0.05) is 12.1 Å². The van der Waals surface area contributed by atoms with Gasteiger partial charge >= 0.3 is 0 Å². The third kappa shape index (κ3) is 3.13. The fourth-order valence-electron chi connectivity index (χ4n) is 1.43. The predicted octanol–water partition coefficient (Wildman–Crippen LogP) is 3.19. The molecule has 3 heteroatoms. The van der Waals surface area contributed by atoms with Gasteiger partial charge in [0.2, 0.25) is 0 Å². The summed E-state index contributed by atoms with van der Waals surface area (Å²) in [5.74, 6) is -1.01. The van der Waals surface area contributed by atoms with Gasteiger partial charge in [-0.05, 0) is 32.0 Å². The van der Waals surface area contributed by atoms with Crippen LogP contribution < -0.4 is 5.32 Å². The molecule has 15 heavy (non-hydrogen) atoms. The SMILES string of the molecule is C=CCCNC(C)c1c(F)cccc1F. The van der Waals surface area contributed by atoms with E-state index in [1.54, 1.807) is 13.0 Å². The van der Waals surface area contributed by atoms with Crippen molar-refractivity contribution in [1.29, 1.82) is 0 Å². The summed E-state index contributed by atoms with van der Waals surface area (Å²) < 4.78 is 26.6. The van der Waals surface area contributed by atoms with Crippen LogP contribution >= 0.6 is 0 Å². The second-order valence-corrected chi connectivity index (χ2v) is 3.39. The van der Waals surface area contributed by atoms with Gasteiger partial charge < -0.3 is 5.32 Å². The van der Waals surface area contributed by atoms with E-state index in [2.05, 4.69) is 11.9 Å². The molecule has 0 saturated heterocycles. The summed E-state index contributed by atoms with van der Waals surface area (Å²) in [6, 6.07) is 3.57. The summed E-state index contributed by atoms with van der Waals surface area (Å²) in [5, 5.41) is 3.03. The van der Waals surface area contributed by atoms with E-state index in [4.69, 9.17) is 0 Å². The number of hydrogen-bond donors (Lipinski definition) is 1. The van der Waals surface area contributed by atoms with Crippen LogP contribution in [0.1, 0.15) is 24.9 Å². The van der Waals surface area contributed by atoms with Gasteiger partial charge in [-0.2, -0.15) is 0 Å². The molecule has 1 atom stereocenters. The Morgan fingerprint density at radius 2 is 2.00 bits per heavy atom. The molecule has 0 fully saturated rings. The standard InChI is InChI=1S/C12H15F2N/c1-3-4-8-15-9(2)12-10(13)6-5-7-11(12)14/h3,5-7,9,15H,1,4,8H2,2H3. The zero-order valence-electron chi connectivity index (χ0n) is 8.76. The van der Waals surface area contributed by atoms with E-state index in [1.807, 2.05) is 0 Å². The third-order valence-electron chi connectivity index (χ3n) is 2.23. The second kappa shape index (κ2) is 5.61. The Kier molecular flexibility index (Phi) is 4.43. The molecule has 1 nitrogen and oxygen atoms in total. The quantitative estimate of drug-likeness (QED) is 0.582. The number of rotatable bonds is 5. The lowest BCUT2D eigenvalue weighted by molar-refractivity contribution is 0.491. The summed E-state index contributed by atoms with van der Waals surface area (Å²) >= 11 is 0. The lowest BCUT2D eigenvalue weighted by Crippen LogP contribution is -2.21. The van der Waals surface area contributed by atoms with E-state index in [0.717, 1.165) is 6.42 Å².